The van der Waals surface area contributed by atoms with E-state index < -0.39 is 0 Å². The quantitative estimate of drug-likeness (QED) is 0.795. The predicted octanol–water partition coefficient (Wildman–Crippen LogP) is 1.67. The number of nitrogens with one attached hydrogen (secondary N) is 1. The SMILES string of the molecule is CCN(C(=O)N1CCCCC1)C1CCCNC1. The second kappa shape index (κ2) is 6.24. The maximum absolute atomic E-state index is 12.5. The third-order valence-corrected chi connectivity index (χ3v) is 3.92. The van der Waals surface area contributed by atoms with Crippen molar-refractivity contribution in [1.29, 1.82) is 0 Å². The molecule has 4 nitrogen and oxygen atoms in total. The van der Waals surface area contributed by atoms with Gasteiger partial charge in [0.05, 0.1) is 0 Å². The first-order valence-corrected chi connectivity index (χ1v) is 7.09. The number of carbonyl (C=O) groups is 1. The number of piperidine rings is 2. The van der Waals surface area contributed by atoms with Crippen LogP contribution in [0.2, 0.25) is 0 Å². The molecule has 98 valence electrons. The molecule has 2 heterocycles. The Balaban J connectivity index is 1.93. The van der Waals surface area contributed by atoms with Crippen molar-refractivity contribution in [3.63, 3.8) is 0 Å². The molecule has 2 aliphatic heterocycles. The van der Waals surface area contributed by atoms with E-state index in [1.54, 1.807) is 0 Å². The van der Waals surface area contributed by atoms with E-state index in [2.05, 4.69) is 17.1 Å². The smallest absolute Gasteiger partial charge is 0.320 e. The summed E-state index contributed by atoms with van der Waals surface area (Å²) in [5, 5.41) is 3.40. The first kappa shape index (κ1) is 12.7. The van der Waals surface area contributed by atoms with E-state index in [-0.39, 0.29) is 6.03 Å². The van der Waals surface area contributed by atoms with Crippen molar-refractivity contribution in [2.75, 3.05) is 32.7 Å². The van der Waals surface area contributed by atoms with Crippen LogP contribution in [0.4, 0.5) is 4.79 Å². The first-order chi connectivity index (χ1) is 8.33. The molecule has 1 atom stereocenters. The van der Waals surface area contributed by atoms with Crippen LogP contribution in [0.3, 0.4) is 0 Å². The van der Waals surface area contributed by atoms with Crippen LogP contribution in [0.15, 0.2) is 0 Å². The molecule has 0 radical (unpaired) electrons. The average Bonchev–Trinajstić information content (AvgIpc) is 2.42. The third kappa shape index (κ3) is 3.12. The Morgan fingerprint density at radius 3 is 2.65 bits per heavy atom. The Bertz CT molecular complexity index is 245. The number of urea groups is 1. The highest BCUT2D eigenvalue weighted by molar-refractivity contribution is 5.75. The summed E-state index contributed by atoms with van der Waals surface area (Å²) < 4.78 is 0. The number of likely N-dealkylation sites (tertiary alicyclic amines) is 1. The average molecular weight is 239 g/mol. The molecule has 2 fully saturated rings. The molecule has 2 amide bonds. The molecule has 2 rings (SSSR count). The molecule has 1 unspecified atom stereocenters. The van der Waals surface area contributed by atoms with Gasteiger partial charge < -0.3 is 15.1 Å². The molecule has 0 spiro atoms. The number of carbonyl (C=O) groups excluding carboxylic acids is 1. The van der Waals surface area contributed by atoms with Gasteiger partial charge in [0.1, 0.15) is 0 Å². The Morgan fingerprint density at radius 2 is 2.06 bits per heavy atom. The van der Waals surface area contributed by atoms with Crippen LogP contribution in [-0.4, -0.2) is 54.6 Å². The minimum atomic E-state index is 0.265. The lowest BCUT2D eigenvalue weighted by Gasteiger charge is -2.38. The second-order valence-corrected chi connectivity index (χ2v) is 5.12. The van der Waals surface area contributed by atoms with Gasteiger partial charge in [0.15, 0.2) is 0 Å². The van der Waals surface area contributed by atoms with E-state index in [9.17, 15) is 4.79 Å². The molecule has 1 N–H and O–H groups in total. The van der Waals surface area contributed by atoms with E-state index in [1.165, 1.54) is 25.7 Å². The summed E-state index contributed by atoms with van der Waals surface area (Å²) in [6.07, 6.45) is 5.97. The topological polar surface area (TPSA) is 35.6 Å². The highest BCUT2D eigenvalue weighted by Gasteiger charge is 2.28. The van der Waals surface area contributed by atoms with Gasteiger partial charge >= 0.3 is 6.03 Å². The Morgan fingerprint density at radius 1 is 1.29 bits per heavy atom. The van der Waals surface area contributed by atoms with E-state index in [1.807, 2.05) is 4.90 Å². The molecule has 0 aromatic heterocycles. The molecular weight excluding hydrogens is 214 g/mol. The number of amides is 2. The fourth-order valence-electron chi connectivity index (χ4n) is 2.92. The maximum atomic E-state index is 12.5. The van der Waals surface area contributed by atoms with E-state index in [4.69, 9.17) is 0 Å². The standard InChI is InChI=1S/C13H25N3O/c1-2-16(12-7-6-8-14-11-12)13(17)15-9-4-3-5-10-15/h12,14H,2-11H2,1H3. The van der Waals surface area contributed by atoms with Gasteiger partial charge in [-0.2, -0.15) is 0 Å². The van der Waals surface area contributed by atoms with Gasteiger partial charge in [-0.3, -0.25) is 0 Å². The maximum Gasteiger partial charge on any atom is 0.320 e. The molecule has 17 heavy (non-hydrogen) atoms. The fraction of sp³-hybridized carbons (Fsp3) is 0.923. The normalized spacial score (nSPS) is 25.7. The van der Waals surface area contributed by atoms with Crippen LogP contribution in [0, 0.1) is 0 Å². The predicted molar refractivity (Wildman–Crippen MR) is 69.1 cm³/mol. The molecule has 0 aromatic rings. The van der Waals surface area contributed by atoms with Crippen molar-refractivity contribution in [1.82, 2.24) is 15.1 Å². The highest BCUT2D eigenvalue weighted by atomic mass is 16.2. The van der Waals surface area contributed by atoms with Gasteiger partial charge in [-0.15, -0.1) is 0 Å². The second-order valence-electron chi connectivity index (χ2n) is 5.12. The monoisotopic (exact) mass is 239 g/mol. The summed E-state index contributed by atoms with van der Waals surface area (Å²) >= 11 is 0. The van der Waals surface area contributed by atoms with Gasteiger partial charge in [-0.1, -0.05) is 0 Å². The largest absolute Gasteiger partial charge is 0.325 e. The van der Waals surface area contributed by atoms with Gasteiger partial charge in [0.25, 0.3) is 0 Å². The van der Waals surface area contributed by atoms with E-state index in [0.29, 0.717) is 6.04 Å². The summed E-state index contributed by atoms with van der Waals surface area (Å²) in [7, 11) is 0. The summed E-state index contributed by atoms with van der Waals surface area (Å²) in [5.74, 6) is 0. The van der Waals surface area contributed by atoms with E-state index in [0.717, 1.165) is 39.1 Å². The molecule has 0 aromatic carbocycles. The Kier molecular flexibility index (Phi) is 4.66. The molecule has 0 bridgehead atoms. The lowest BCUT2D eigenvalue weighted by molar-refractivity contribution is 0.119. The van der Waals surface area contributed by atoms with Gasteiger partial charge in [0.2, 0.25) is 0 Å². The summed E-state index contributed by atoms with van der Waals surface area (Å²) in [6, 6.07) is 0.670. The van der Waals surface area contributed by atoms with Gasteiger partial charge in [-0.25, -0.2) is 4.79 Å². The number of nitrogens with zero attached hydrogens (tertiary/aromatic N) is 2. The number of rotatable bonds is 2. The zero-order valence-corrected chi connectivity index (χ0v) is 11.0. The van der Waals surface area contributed by atoms with Crippen LogP contribution in [-0.2, 0) is 0 Å². The van der Waals surface area contributed by atoms with Crippen molar-refractivity contribution in [3.8, 4) is 0 Å². The number of hydrogen-bond donors (Lipinski definition) is 1. The van der Waals surface area contributed by atoms with Crippen molar-refractivity contribution in [3.05, 3.63) is 0 Å². The molecule has 0 saturated carbocycles. The van der Waals surface area contributed by atoms with Crippen molar-refractivity contribution >= 4 is 6.03 Å². The lowest BCUT2D eigenvalue weighted by atomic mass is 10.1. The van der Waals surface area contributed by atoms with Crippen molar-refractivity contribution in [2.24, 2.45) is 0 Å². The molecule has 4 heteroatoms. The lowest BCUT2D eigenvalue weighted by Crippen LogP contribution is -2.53. The Hall–Kier alpha value is -0.770. The molecule has 2 aliphatic rings. The zero-order chi connectivity index (χ0) is 12.1. The van der Waals surface area contributed by atoms with Crippen LogP contribution in [0.5, 0.6) is 0 Å². The van der Waals surface area contributed by atoms with Crippen molar-refractivity contribution in [2.45, 2.75) is 45.1 Å². The van der Waals surface area contributed by atoms with Crippen LogP contribution in [0.25, 0.3) is 0 Å². The van der Waals surface area contributed by atoms with Gasteiger partial charge in [0, 0.05) is 32.2 Å². The number of likely N-dealkylation sites (N-methyl/N-ethyl adjacent to an activating group) is 1. The summed E-state index contributed by atoms with van der Waals surface area (Å²) in [4.78, 5) is 16.6. The van der Waals surface area contributed by atoms with Crippen molar-refractivity contribution < 1.29 is 4.79 Å². The van der Waals surface area contributed by atoms with Crippen LogP contribution >= 0.6 is 0 Å². The first-order valence-electron chi connectivity index (χ1n) is 7.09. The van der Waals surface area contributed by atoms with Gasteiger partial charge in [-0.05, 0) is 45.6 Å². The van der Waals surface area contributed by atoms with Crippen LogP contribution in [0.1, 0.15) is 39.0 Å². The van der Waals surface area contributed by atoms with Crippen LogP contribution < -0.4 is 5.32 Å². The fourth-order valence-corrected chi connectivity index (χ4v) is 2.92. The number of hydrogen-bond acceptors (Lipinski definition) is 2. The third-order valence-electron chi connectivity index (χ3n) is 3.92. The molecule has 0 aliphatic carbocycles. The molecular formula is C13H25N3O. The van der Waals surface area contributed by atoms with E-state index >= 15 is 0 Å². The zero-order valence-electron chi connectivity index (χ0n) is 11.0. The Labute approximate surface area is 104 Å². The summed E-state index contributed by atoms with van der Waals surface area (Å²) in [6.45, 7) is 6.91. The summed E-state index contributed by atoms with van der Waals surface area (Å²) in [5.41, 5.74) is 0. The minimum absolute atomic E-state index is 0.265. The molecule has 2 saturated heterocycles. The minimum Gasteiger partial charge on any atom is -0.325 e. The highest BCUT2D eigenvalue weighted by Crippen LogP contribution is 2.16.